The first-order valence-electron chi connectivity index (χ1n) is 5.56. The molecule has 1 saturated carbocycles. The predicted molar refractivity (Wildman–Crippen MR) is 57.9 cm³/mol. The average molecular weight is 198 g/mol. The van der Waals surface area contributed by atoms with Crippen molar-refractivity contribution < 1.29 is 4.79 Å². The summed E-state index contributed by atoms with van der Waals surface area (Å²) < 4.78 is 0. The van der Waals surface area contributed by atoms with E-state index in [0.717, 1.165) is 12.3 Å². The van der Waals surface area contributed by atoms with Gasteiger partial charge in [0.05, 0.1) is 0 Å². The zero-order chi connectivity index (χ0) is 10.7. The number of hydrogen-bond acceptors (Lipinski definition) is 1. The predicted octanol–water partition coefficient (Wildman–Crippen LogP) is 2.12. The molecular formula is C11H22N2O. The monoisotopic (exact) mass is 198 g/mol. The van der Waals surface area contributed by atoms with Crippen molar-refractivity contribution in [2.45, 2.75) is 46.1 Å². The molecule has 0 aliphatic heterocycles. The molecular weight excluding hydrogens is 176 g/mol. The van der Waals surface area contributed by atoms with Gasteiger partial charge in [-0.05, 0) is 37.0 Å². The third-order valence-corrected chi connectivity index (χ3v) is 3.51. The van der Waals surface area contributed by atoms with Crippen molar-refractivity contribution in [2.75, 3.05) is 0 Å². The molecule has 0 heterocycles. The Bertz CT molecular complexity index is 203. The molecule has 0 aromatic heterocycles. The SMILES string of the molecule is CC(C)[C@H]1CC[C@@H](C)[C@@H](NC(N)=O)C1. The van der Waals surface area contributed by atoms with E-state index in [1.807, 2.05) is 0 Å². The second kappa shape index (κ2) is 4.67. The number of rotatable bonds is 2. The molecule has 0 unspecified atom stereocenters. The van der Waals surface area contributed by atoms with Gasteiger partial charge >= 0.3 is 6.03 Å². The lowest BCUT2D eigenvalue weighted by Gasteiger charge is -2.36. The topological polar surface area (TPSA) is 55.1 Å². The van der Waals surface area contributed by atoms with Crippen molar-refractivity contribution >= 4 is 6.03 Å². The Morgan fingerprint density at radius 2 is 2.07 bits per heavy atom. The molecule has 1 aliphatic rings. The van der Waals surface area contributed by atoms with Crippen LogP contribution < -0.4 is 11.1 Å². The molecule has 3 heteroatoms. The largest absolute Gasteiger partial charge is 0.352 e. The number of urea groups is 1. The van der Waals surface area contributed by atoms with Gasteiger partial charge in [0.15, 0.2) is 0 Å². The molecule has 3 nitrogen and oxygen atoms in total. The van der Waals surface area contributed by atoms with Crippen molar-refractivity contribution in [3.05, 3.63) is 0 Å². The van der Waals surface area contributed by atoms with Crippen LogP contribution in [0.1, 0.15) is 40.0 Å². The molecule has 14 heavy (non-hydrogen) atoms. The van der Waals surface area contributed by atoms with Crippen LogP contribution >= 0.6 is 0 Å². The van der Waals surface area contributed by atoms with Crippen molar-refractivity contribution in [2.24, 2.45) is 23.5 Å². The molecule has 0 spiro atoms. The number of carbonyl (C=O) groups excluding carboxylic acids is 1. The van der Waals surface area contributed by atoms with E-state index in [-0.39, 0.29) is 12.1 Å². The smallest absolute Gasteiger partial charge is 0.312 e. The highest BCUT2D eigenvalue weighted by Crippen LogP contribution is 2.33. The third-order valence-electron chi connectivity index (χ3n) is 3.51. The Hall–Kier alpha value is -0.730. The van der Waals surface area contributed by atoms with Crippen LogP contribution in [0.15, 0.2) is 0 Å². The van der Waals surface area contributed by atoms with E-state index >= 15 is 0 Å². The van der Waals surface area contributed by atoms with E-state index in [1.54, 1.807) is 0 Å². The second-order valence-corrected chi connectivity index (χ2v) is 4.91. The first kappa shape index (κ1) is 11.3. The molecule has 82 valence electrons. The Balaban J connectivity index is 2.50. The van der Waals surface area contributed by atoms with Crippen LogP contribution in [0.3, 0.4) is 0 Å². The van der Waals surface area contributed by atoms with Gasteiger partial charge in [0.2, 0.25) is 0 Å². The Labute approximate surface area is 86.4 Å². The quantitative estimate of drug-likeness (QED) is 0.701. The highest BCUT2D eigenvalue weighted by molar-refractivity contribution is 5.72. The van der Waals surface area contributed by atoms with Gasteiger partial charge in [0, 0.05) is 6.04 Å². The molecule has 0 saturated heterocycles. The van der Waals surface area contributed by atoms with Crippen LogP contribution in [0.25, 0.3) is 0 Å². The lowest BCUT2D eigenvalue weighted by Crippen LogP contribution is -2.46. The number of nitrogens with two attached hydrogens (primary N) is 1. The maximum absolute atomic E-state index is 10.8. The Morgan fingerprint density at radius 3 is 2.57 bits per heavy atom. The first-order valence-corrected chi connectivity index (χ1v) is 5.56. The highest BCUT2D eigenvalue weighted by Gasteiger charge is 2.29. The van der Waals surface area contributed by atoms with Crippen LogP contribution in [0.5, 0.6) is 0 Å². The van der Waals surface area contributed by atoms with E-state index in [1.165, 1.54) is 12.8 Å². The summed E-state index contributed by atoms with van der Waals surface area (Å²) in [5, 5.41) is 2.86. The molecule has 3 atom stereocenters. The number of nitrogens with one attached hydrogen (secondary N) is 1. The number of hydrogen-bond donors (Lipinski definition) is 2. The van der Waals surface area contributed by atoms with Crippen LogP contribution in [0, 0.1) is 17.8 Å². The van der Waals surface area contributed by atoms with Gasteiger partial charge in [-0.1, -0.05) is 20.8 Å². The fourth-order valence-corrected chi connectivity index (χ4v) is 2.34. The van der Waals surface area contributed by atoms with E-state index in [0.29, 0.717) is 11.8 Å². The Kier molecular flexibility index (Phi) is 3.78. The Morgan fingerprint density at radius 1 is 1.43 bits per heavy atom. The van der Waals surface area contributed by atoms with E-state index < -0.39 is 0 Å². The molecule has 1 aliphatic carbocycles. The van der Waals surface area contributed by atoms with Gasteiger partial charge in [0.25, 0.3) is 0 Å². The minimum absolute atomic E-state index is 0.286. The molecule has 0 radical (unpaired) electrons. The fraction of sp³-hybridized carbons (Fsp3) is 0.909. The van der Waals surface area contributed by atoms with E-state index in [9.17, 15) is 4.79 Å². The standard InChI is InChI=1S/C11H22N2O/c1-7(2)9-5-4-8(3)10(6-9)13-11(12)14/h7-10H,4-6H2,1-3H3,(H3,12,13,14)/t8-,9+,10+/m1/s1. The van der Waals surface area contributed by atoms with Gasteiger partial charge in [0.1, 0.15) is 0 Å². The summed E-state index contributed by atoms with van der Waals surface area (Å²) in [6.45, 7) is 6.70. The van der Waals surface area contributed by atoms with Crippen LogP contribution in [0.2, 0.25) is 0 Å². The molecule has 3 N–H and O–H groups in total. The van der Waals surface area contributed by atoms with Gasteiger partial charge < -0.3 is 11.1 Å². The van der Waals surface area contributed by atoms with Crippen molar-refractivity contribution in [3.63, 3.8) is 0 Å². The zero-order valence-corrected chi connectivity index (χ0v) is 9.42. The van der Waals surface area contributed by atoms with Crippen LogP contribution in [-0.2, 0) is 0 Å². The van der Waals surface area contributed by atoms with Gasteiger partial charge in [-0.25, -0.2) is 4.79 Å². The summed E-state index contributed by atoms with van der Waals surface area (Å²) in [4.78, 5) is 10.8. The second-order valence-electron chi connectivity index (χ2n) is 4.91. The van der Waals surface area contributed by atoms with E-state index in [4.69, 9.17) is 5.73 Å². The molecule has 1 rings (SSSR count). The minimum atomic E-state index is -0.383. The van der Waals surface area contributed by atoms with E-state index in [2.05, 4.69) is 26.1 Å². The third kappa shape index (κ3) is 2.89. The lowest BCUT2D eigenvalue weighted by molar-refractivity contribution is 0.180. The fourth-order valence-electron chi connectivity index (χ4n) is 2.34. The summed E-state index contributed by atoms with van der Waals surface area (Å²) in [6, 6.07) is -0.0973. The summed E-state index contributed by atoms with van der Waals surface area (Å²) >= 11 is 0. The molecule has 0 aromatic carbocycles. The summed E-state index contributed by atoms with van der Waals surface area (Å²) in [6.07, 6.45) is 3.57. The van der Waals surface area contributed by atoms with Gasteiger partial charge in [-0.2, -0.15) is 0 Å². The maximum Gasteiger partial charge on any atom is 0.312 e. The molecule has 1 fully saturated rings. The highest BCUT2D eigenvalue weighted by atomic mass is 16.2. The molecule has 0 aromatic rings. The zero-order valence-electron chi connectivity index (χ0n) is 9.42. The first-order chi connectivity index (χ1) is 6.50. The van der Waals surface area contributed by atoms with Crippen molar-refractivity contribution in [1.29, 1.82) is 0 Å². The minimum Gasteiger partial charge on any atom is -0.352 e. The number of carbonyl (C=O) groups is 1. The maximum atomic E-state index is 10.8. The van der Waals surface area contributed by atoms with Crippen LogP contribution in [-0.4, -0.2) is 12.1 Å². The van der Waals surface area contributed by atoms with Crippen molar-refractivity contribution in [3.8, 4) is 0 Å². The van der Waals surface area contributed by atoms with Crippen molar-refractivity contribution in [1.82, 2.24) is 5.32 Å². The normalized spacial score (nSPS) is 33.0. The number of amides is 2. The summed E-state index contributed by atoms with van der Waals surface area (Å²) in [7, 11) is 0. The molecule has 2 amide bonds. The van der Waals surface area contributed by atoms with Gasteiger partial charge in [-0.3, -0.25) is 0 Å². The summed E-state index contributed by atoms with van der Waals surface area (Å²) in [5.74, 6) is 2.01. The lowest BCUT2D eigenvalue weighted by atomic mass is 9.75. The summed E-state index contributed by atoms with van der Waals surface area (Å²) in [5.41, 5.74) is 5.16. The number of primary amides is 1. The molecule has 0 bridgehead atoms. The van der Waals surface area contributed by atoms with Crippen LogP contribution in [0.4, 0.5) is 4.79 Å². The van der Waals surface area contributed by atoms with Gasteiger partial charge in [-0.15, -0.1) is 0 Å². The average Bonchev–Trinajstić information content (AvgIpc) is 2.07.